The Balaban J connectivity index is 1.80. The van der Waals surface area contributed by atoms with Crippen molar-refractivity contribution in [3.8, 4) is 0 Å². The molecule has 25 heavy (non-hydrogen) atoms. The highest BCUT2D eigenvalue weighted by Gasteiger charge is 2.66. The standard InChI is InChI=1S/C22H29NO2/c1-4-5-11-23-20(25)19-18-14(2)7-6-8-15(18)16-9-10-21(3)13-22(16,19)12-17(21)24/h6-8,16,19H,4-5,9-13H2,1-3H3,(H,23,25)/t16-,19-,21+,22-/m1/s1. The predicted molar refractivity (Wildman–Crippen MR) is 98.6 cm³/mol. The summed E-state index contributed by atoms with van der Waals surface area (Å²) in [4.78, 5) is 26.1. The molecule has 2 bridgehead atoms. The van der Waals surface area contributed by atoms with Crippen molar-refractivity contribution in [2.24, 2.45) is 10.8 Å². The number of carbonyl (C=O) groups excluding carboxylic acids is 2. The van der Waals surface area contributed by atoms with E-state index in [2.05, 4.69) is 44.3 Å². The summed E-state index contributed by atoms with van der Waals surface area (Å²) < 4.78 is 0. The molecule has 0 heterocycles. The molecule has 0 unspecified atom stereocenters. The van der Waals surface area contributed by atoms with Gasteiger partial charge in [-0.25, -0.2) is 0 Å². The van der Waals surface area contributed by atoms with Gasteiger partial charge in [0.15, 0.2) is 0 Å². The average molecular weight is 339 g/mol. The van der Waals surface area contributed by atoms with E-state index in [1.165, 1.54) is 16.7 Å². The molecule has 1 N–H and O–H groups in total. The van der Waals surface area contributed by atoms with E-state index < -0.39 is 0 Å². The first-order chi connectivity index (χ1) is 11.9. The summed E-state index contributed by atoms with van der Waals surface area (Å²) in [7, 11) is 0. The Morgan fingerprint density at radius 3 is 2.92 bits per heavy atom. The molecule has 4 rings (SSSR count). The van der Waals surface area contributed by atoms with Crippen molar-refractivity contribution >= 4 is 11.7 Å². The van der Waals surface area contributed by atoms with Gasteiger partial charge < -0.3 is 5.32 Å². The fraction of sp³-hybridized carbons (Fsp3) is 0.636. The molecule has 2 saturated carbocycles. The quantitative estimate of drug-likeness (QED) is 0.834. The predicted octanol–water partition coefficient (Wildman–Crippen LogP) is 4.24. The Morgan fingerprint density at radius 1 is 1.36 bits per heavy atom. The van der Waals surface area contributed by atoms with Crippen LogP contribution in [-0.4, -0.2) is 18.2 Å². The third kappa shape index (κ3) is 2.24. The minimum absolute atomic E-state index is 0.144. The van der Waals surface area contributed by atoms with E-state index in [0.29, 0.717) is 18.1 Å². The van der Waals surface area contributed by atoms with Gasteiger partial charge in [0.1, 0.15) is 5.78 Å². The van der Waals surface area contributed by atoms with Crippen LogP contribution in [0.3, 0.4) is 0 Å². The highest BCUT2D eigenvalue weighted by atomic mass is 16.2. The molecule has 1 aromatic rings. The highest BCUT2D eigenvalue weighted by molar-refractivity contribution is 5.94. The number of fused-ring (bicyclic) bond motifs is 3. The first-order valence-electron chi connectivity index (χ1n) is 9.83. The van der Waals surface area contributed by atoms with Crippen molar-refractivity contribution in [2.75, 3.05) is 6.54 Å². The van der Waals surface area contributed by atoms with Gasteiger partial charge in [0, 0.05) is 23.8 Å². The Bertz CT molecular complexity index is 740. The zero-order chi connectivity index (χ0) is 17.8. The fourth-order valence-corrected chi connectivity index (χ4v) is 6.07. The summed E-state index contributed by atoms with van der Waals surface area (Å²) in [5.41, 5.74) is 3.37. The molecule has 3 aliphatic carbocycles. The van der Waals surface area contributed by atoms with Crippen LogP contribution in [0.1, 0.15) is 80.9 Å². The van der Waals surface area contributed by atoms with E-state index in [9.17, 15) is 9.59 Å². The van der Waals surface area contributed by atoms with Crippen LogP contribution in [0, 0.1) is 17.8 Å². The normalized spacial score (nSPS) is 35.4. The van der Waals surface area contributed by atoms with E-state index in [-0.39, 0.29) is 22.7 Å². The molecule has 0 aromatic heterocycles. The van der Waals surface area contributed by atoms with Crippen molar-refractivity contribution in [3.05, 3.63) is 34.9 Å². The van der Waals surface area contributed by atoms with Crippen molar-refractivity contribution in [1.82, 2.24) is 5.32 Å². The number of benzene rings is 1. The molecule has 1 spiro atoms. The van der Waals surface area contributed by atoms with Gasteiger partial charge in [0.25, 0.3) is 0 Å². The maximum absolute atomic E-state index is 13.3. The molecule has 4 atom stereocenters. The van der Waals surface area contributed by atoms with Gasteiger partial charge >= 0.3 is 0 Å². The molecule has 3 aliphatic rings. The molecule has 0 aliphatic heterocycles. The number of ketones is 1. The van der Waals surface area contributed by atoms with Crippen LogP contribution in [0.25, 0.3) is 0 Å². The Kier molecular flexibility index (Phi) is 3.82. The van der Waals surface area contributed by atoms with Gasteiger partial charge in [-0.2, -0.15) is 0 Å². The number of unbranched alkanes of at least 4 members (excludes halogenated alkanes) is 1. The van der Waals surface area contributed by atoms with E-state index >= 15 is 0 Å². The molecule has 3 heteroatoms. The van der Waals surface area contributed by atoms with E-state index in [0.717, 1.165) is 38.6 Å². The van der Waals surface area contributed by atoms with E-state index in [1.54, 1.807) is 0 Å². The molecule has 134 valence electrons. The van der Waals surface area contributed by atoms with Gasteiger partial charge in [-0.15, -0.1) is 0 Å². The van der Waals surface area contributed by atoms with Gasteiger partial charge in [-0.05, 0) is 55.2 Å². The number of hydrogen-bond donors (Lipinski definition) is 1. The van der Waals surface area contributed by atoms with Gasteiger partial charge in [-0.1, -0.05) is 38.5 Å². The van der Waals surface area contributed by atoms with Gasteiger partial charge in [0.05, 0.1) is 5.92 Å². The second-order valence-corrected chi connectivity index (χ2v) is 8.82. The molecular weight excluding hydrogens is 310 g/mol. The molecule has 1 aromatic carbocycles. The number of aryl methyl sites for hydroxylation is 1. The zero-order valence-electron chi connectivity index (χ0n) is 15.7. The number of carbonyl (C=O) groups is 2. The molecule has 1 amide bonds. The van der Waals surface area contributed by atoms with Crippen LogP contribution in [0.15, 0.2) is 18.2 Å². The molecule has 0 radical (unpaired) electrons. The van der Waals surface area contributed by atoms with Crippen LogP contribution in [-0.2, 0) is 9.59 Å². The third-order valence-corrected chi connectivity index (χ3v) is 7.25. The van der Waals surface area contributed by atoms with Gasteiger partial charge in [-0.3, -0.25) is 9.59 Å². The monoisotopic (exact) mass is 339 g/mol. The molecule has 3 nitrogen and oxygen atoms in total. The Labute approximate surface area is 150 Å². The minimum Gasteiger partial charge on any atom is -0.356 e. The molecular formula is C22H29NO2. The van der Waals surface area contributed by atoms with Crippen LogP contribution < -0.4 is 5.32 Å². The summed E-state index contributed by atoms with van der Waals surface area (Å²) in [6, 6.07) is 6.44. The van der Waals surface area contributed by atoms with E-state index in [1.807, 2.05) is 0 Å². The highest BCUT2D eigenvalue weighted by Crippen LogP contribution is 2.71. The second-order valence-electron chi connectivity index (χ2n) is 8.82. The van der Waals surface area contributed by atoms with Crippen LogP contribution in [0.5, 0.6) is 0 Å². The third-order valence-electron chi connectivity index (χ3n) is 7.25. The summed E-state index contributed by atoms with van der Waals surface area (Å²) in [6.45, 7) is 7.12. The summed E-state index contributed by atoms with van der Waals surface area (Å²) in [6.07, 6.45) is 5.54. The molecule has 0 saturated heterocycles. The number of rotatable bonds is 4. The number of Topliss-reactive ketones (excluding diaryl/α,β-unsaturated/α-hetero) is 1. The lowest BCUT2D eigenvalue weighted by molar-refractivity contribution is -0.126. The van der Waals surface area contributed by atoms with Crippen molar-refractivity contribution in [1.29, 1.82) is 0 Å². The topological polar surface area (TPSA) is 46.2 Å². The van der Waals surface area contributed by atoms with Gasteiger partial charge in [0.2, 0.25) is 5.91 Å². The lowest BCUT2D eigenvalue weighted by Crippen LogP contribution is -2.41. The number of amides is 1. The van der Waals surface area contributed by atoms with Crippen LogP contribution in [0.4, 0.5) is 0 Å². The average Bonchev–Trinajstić information content (AvgIpc) is 2.95. The first kappa shape index (κ1) is 16.8. The minimum atomic E-state index is -0.214. The number of nitrogens with one attached hydrogen (secondary N) is 1. The maximum atomic E-state index is 13.3. The van der Waals surface area contributed by atoms with Crippen molar-refractivity contribution < 1.29 is 9.59 Å². The molecule has 2 fully saturated rings. The Hall–Kier alpha value is -1.64. The Morgan fingerprint density at radius 2 is 2.16 bits per heavy atom. The lowest BCUT2D eigenvalue weighted by Gasteiger charge is -2.42. The fourth-order valence-electron chi connectivity index (χ4n) is 6.07. The summed E-state index contributed by atoms with van der Waals surface area (Å²) in [5, 5.41) is 3.18. The van der Waals surface area contributed by atoms with E-state index in [4.69, 9.17) is 0 Å². The number of hydrogen-bond acceptors (Lipinski definition) is 2. The lowest BCUT2D eigenvalue weighted by atomic mass is 9.60. The zero-order valence-corrected chi connectivity index (χ0v) is 15.7. The second kappa shape index (κ2) is 5.69. The smallest absolute Gasteiger partial charge is 0.228 e. The van der Waals surface area contributed by atoms with Crippen molar-refractivity contribution in [3.63, 3.8) is 0 Å². The van der Waals surface area contributed by atoms with Crippen molar-refractivity contribution in [2.45, 2.75) is 71.1 Å². The van der Waals surface area contributed by atoms with Crippen LogP contribution in [0.2, 0.25) is 0 Å². The summed E-state index contributed by atoms with van der Waals surface area (Å²) >= 11 is 0. The SMILES string of the molecule is CCCCNC(=O)[C@H]1c2c(C)cccc2[C@H]2CC[C@@]3(C)C[C@]21CC3=O. The van der Waals surface area contributed by atoms with Crippen LogP contribution >= 0.6 is 0 Å². The summed E-state index contributed by atoms with van der Waals surface area (Å²) in [5.74, 6) is 0.734. The largest absolute Gasteiger partial charge is 0.356 e. The first-order valence-corrected chi connectivity index (χ1v) is 9.83. The maximum Gasteiger partial charge on any atom is 0.228 e.